The van der Waals surface area contributed by atoms with Crippen molar-refractivity contribution in [1.82, 2.24) is 0 Å². The molecular weight excluding hydrogens is 194 g/mol. The normalized spacial score (nSPS) is 9.47. The second kappa shape index (κ2) is 5.14. The number of methoxy groups -OCH3 is 1. The third-order valence-corrected chi connectivity index (χ3v) is 1.85. The monoisotopic (exact) mass is 207 g/mol. The molecule has 0 bridgehead atoms. The molecule has 4 heteroatoms. The minimum Gasteiger partial charge on any atom is -0.465 e. The number of nitrogens with one attached hydrogen (secondary N) is 1. The van der Waals surface area contributed by atoms with Crippen LogP contribution in [0.25, 0.3) is 0 Å². The lowest BCUT2D eigenvalue weighted by Crippen LogP contribution is -2.10. The van der Waals surface area contributed by atoms with E-state index < -0.39 is 0 Å². The molecule has 80 valence electrons. The number of benzene rings is 1. The number of Topliss-reactive ketones (excluding diaryl/α,β-unsaturated/α-hetero) is 1. The van der Waals surface area contributed by atoms with Crippen molar-refractivity contribution in [1.29, 1.82) is 0 Å². The zero-order valence-electron chi connectivity index (χ0n) is 8.74. The molecule has 1 rings (SSSR count). The molecule has 0 radical (unpaired) electrons. The van der Waals surface area contributed by atoms with Gasteiger partial charge >= 0.3 is 5.97 Å². The number of ketones is 1. The van der Waals surface area contributed by atoms with E-state index in [-0.39, 0.29) is 18.3 Å². The number of carbonyl (C=O) groups is 2. The van der Waals surface area contributed by atoms with Crippen LogP contribution < -0.4 is 5.32 Å². The molecule has 0 spiro atoms. The van der Waals surface area contributed by atoms with E-state index >= 15 is 0 Å². The van der Waals surface area contributed by atoms with Crippen molar-refractivity contribution in [2.75, 3.05) is 19.0 Å². The smallest absolute Gasteiger partial charge is 0.337 e. The summed E-state index contributed by atoms with van der Waals surface area (Å²) in [6, 6.07) is 6.76. The van der Waals surface area contributed by atoms with Gasteiger partial charge < -0.3 is 10.1 Å². The SMILES string of the molecule is COC(=O)c1ccc(NCC(C)=O)cc1. The summed E-state index contributed by atoms with van der Waals surface area (Å²) in [6.07, 6.45) is 0. The van der Waals surface area contributed by atoms with Crippen LogP contribution in [0.2, 0.25) is 0 Å². The minimum atomic E-state index is -0.367. The number of ether oxygens (including phenoxy) is 1. The molecular formula is C11H13NO3. The fourth-order valence-electron chi connectivity index (χ4n) is 1.07. The summed E-state index contributed by atoms with van der Waals surface area (Å²) < 4.78 is 4.56. The number of carbonyl (C=O) groups excluding carboxylic acids is 2. The van der Waals surface area contributed by atoms with Crippen molar-refractivity contribution in [3.05, 3.63) is 29.8 Å². The van der Waals surface area contributed by atoms with E-state index in [1.54, 1.807) is 24.3 Å². The molecule has 1 aromatic carbocycles. The Morgan fingerprint density at radius 2 is 1.87 bits per heavy atom. The van der Waals surface area contributed by atoms with E-state index in [1.165, 1.54) is 14.0 Å². The van der Waals surface area contributed by atoms with Gasteiger partial charge in [0.05, 0.1) is 19.2 Å². The molecule has 0 unspecified atom stereocenters. The Bertz CT molecular complexity index is 357. The van der Waals surface area contributed by atoms with Gasteiger partial charge in [-0.1, -0.05) is 0 Å². The van der Waals surface area contributed by atoms with E-state index in [9.17, 15) is 9.59 Å². The van der Waals surface area contributed by atoms with Gasteiger partial charge in [0.25, 0.3) is 0 Å². The highest BCUT2D eigenvalue weighted by Crippen LogP contribution is 2.09. The Hall–Kier alpha value is -1.84. The lowest BCUT2D eigenvalue weighted by atomic mass is 10.2. The lowest BCUT2D eigenvalue weighted by molar-refractivity contribution is -0.115. The van der Waals surface area contributed by atoms with Gasteiger partial charge in [0.2, 0.25) is 0 Å². The molecule has 4 nitrogen and oxygen atoms in total. The van der Waals surface area contributed by atoms with E-state index in [2.05, 4.69) is 10.1 Å². The van der Waals surface area contributed by atoms with Crippen LogP contribution in [-0.2, 0) is 9.53 Å². The predicted molar refractivity (Wildman–Crippen MR) is 57.0 cm³/mol. The zero-order valence-corrected chi connectivity index (χ0v) is 8.74. The second-order valence-corrected chi connectivity index (χ2v) is 3.12. The lowest BCUT2D eigenvalue weighted by Gasteiger charge is -2.04. The Morgan fingerprint density at radius 3 is 2.33 bits per heavy atom. The van der Waals surface area contributed by atoms with Crippen LogP contribution in [0.15, 0.2) is 24.3 Å². The number of hydrogen-bond donors (Lipinski definition) is 1. The molecule has 0 aliphatic heterocycles. The van der Waals surface area contributed by atoms with Crippen molar-refractivity contribution in [3.8, 4) is 0 Å². The van der Waals surface area contributed by atoms with Gasteiger partial charge in [-0.3, -0.25) is 4.79 Å². The first kappa shape index (κ1) is 11.2. The number of hydrogen-bond acceptors (Lipinski definition) is 4. The first-order valence-electron chi connectivity index (χ1n) is 4.55. The highest BCUT2D eigenvalue weighted by Gasteiger charge is 2.03. The van der Waals surface area contributed by atoms with Crippen molar-refractivity contribution in [2.45, 2.75) is 6.92 Å². The summed E-state index contributed by atoms with van der Waals surface area (Å²) >= 11 is 0. The average Bonchev–Trinajstić information content (AvgIpc) is 2.26. The van der Waals surface area contributed by atoms with E-state index in [0.29, 0.717) is 5.56 Å². The van der Waals surface area contributed by atoms with E-state index in [0.717, 1.165) is 5.69 Å². The molecule has 0 atom stereocenters. The van der Waals surface area contributed by atoms with Crippen LogP contribution in [0.5, 0.6) is 0 Å². The molecule has 0 heterocycles. The van der Waals surface area contributed by atoms with Gasteiger partial charge in [-0.05, 0) is 31.2 Å². The molecule has 0 saturated heterocycles. The summed E-state index contributed by atoms with van der Waals surface area (Å²) in [4.78, 5) is 21.8. The third-order valence-electron chi connectivity index (χ3n) is 1.85. The molecule has 0 aromatic heterocycles. The molecule has 15 heavy (non-hydrogen) atoms. The maximum Gasteiger partial charge on any atom is 0.337 e. The van der Waals surface area contributed by atoms with Crippen LogP contribution in [0.4, 0.5) is 5.69 Å². The van der Waals surface area contributed by atoms with Crippen LogP contribution in [0, 0.1) is 0 Å². The third kappa shape index (κ3) is 3.42. The van der Waals surface area contributed by atoms with Gasteiger partial charge in [-0.25, -0.2) is 4.79 Å². The van der Waals surface area contributed by atoms with Crippen LogP contribution in [0.1, 0.15) is 17.3 Å². The maximum absolute atomic E-state index is 11.1. The summed E-state index contributed by atoms with van der Waals surface area (Å²) in [6.45, 7) is 1.80. The van der Waals surface area contributed by atoms with Gasteiger partial charge in [0.15, 0.2) is 0 Å². The minimum absolute atomic E-state index is 0.0621. The van der Waals surface area contributed by atoms with Crippen molar-refractivity contribution < 1.29 is 14.3 Å². The first-order chi connectivity index (χ1) is 7.13. The van der Waals surface area contributed by atoms with Gasteiger partial charge in [0, 0.05) is 5.69 Å². The summed E-state index contributed by atoms with van der Waals surface area (Å²) in [5, 5.41) is 2.93. The van der Waals surface area contributed by atoms with Crippen LogP contribution in [-0.4, -0.2) is 25.4 Å². The Kier molecular flexibility index (Phi) is 3.85. The quantitative estimate of drug-likeness (QED) is 0.760. The Labute approximate surface area is 88.2 Å². The summed E-state index contributed by atoms with van der Waals surface area (Å²) in [7, 11) is 1.34. The zero-order chi connectivity index (χ0) is 11.3. The molecule has 1 N–H and O–H groups in total. The largest absolute Gasteiger partial charge is 0.465 e. The molecule has 0 saturated carbocycles. The topological polar surface area (TPSA) is 55.4 Å². The molecule has 0 aliphatic rings. The standard InChI is InChI=1S/C11H13NO3/c1-8(13)7-12-10-5-3-9(4-6-10)11(14)15-2/h3-6,12H,7H2,1-2H3. The van der Waals surface area contributed by atoms with E-state index in [1.807, 2.05) is 0 Å². The van der Waals surface area contributed by atoms with Crippen molar-refractivity contribution in [3.63, 3.8) is 0 Å². The van der Waals surface area contributed by atoms with E-state index in [4.69, 9.17) is 0 Å². The molecule has 0 amide bonds. The van der Waals surface area contributed by atoms with Crippen molar-refractivity contribution in [2.24, 2.45) is 0 Å². The molecule has 0 aliphatic carbocycles. The molecule has 0 fully saturated rings. The molecule has 1 aromatic rings. The highest BCUT2D eigenvalue weighted by atomic mass is 16.5. The fourth-order valence-corrected chi connectivity index (χ4v) is 1.07. The number of rotatable bonds is 4. The predicted octanol–water partition coefficient (Wildman–Crippen LogP) is 1.47. The van der Waals surface area contributed by atoms with Crippen LogP contribution in [0.3, 0.4) is 0 Å². The number of anilines is 1. The maximum atomic E-state index is 11.1. The first-order valence-corrected chi connectivity index (χ1v) is 4.55. The average molecular weight is 207 g/mol. The summed E-state index contributed by atoms with van der Waals surface area (Å²) in [5.41, 5.74) is 1.30. The van der Waals surface area contributed by atoms with Crippen molar-refractivity contribution >= 4 is 17.4 Å². The Morgan fingerprint density at radius 1 is 1.27 bits per heavy atom. The van der Waals surface area contributed by atoms with Gasteiger partial charge in [-0.2, -0.15) is 0 Å². The van der Waals surface area contributed by atoms with Gasteiger partial charge in [0.1, 0.15) is 5.78 Å². The highest BCUT2D eigenvalue weighted by molar-refractivity contribution is 5.89. The fraction of sp³-hybridized carbons (Fsp3) is 0.273. The number of esters is 1. The summed E-state index contributed by atoms with van der Waals surface area (Å²) in [5.74, 6) is -0.305. The van der Waals surface area contributed by atoms with Crippen LogP contribution >= 0.6 is 0 Å². The second-order valence-electron chi connectivity index (χ2n) is 3.12. The van der Waals surface area contributed by atoms with Gasteiger partial charge in [-0.15, -0.1) is 0 Å². The Balaban J connectivity index is 2.64.